The first kappa shape index (κ1) is 14.4. The van der Waals surface area contributed by atoms with Gasteiger partial charge >= 0.3 is 12.0 Å². The molecule has 1 aromatic heterocycles. The lowest BCUT2D eigenvalue weighted by Gasteiger charge is -2.29. The normalized spacial score (nSPS) is 13.8. The van der Waals surface area contributed by atoms with Gasteiger partial charge < -0.3 is 20.5 Å². The van der Waals surface area contributed by atoms with Gasteiger partial charge in [0.1, 0.15) is 0 Å². The fourth-order valence-corrected chi connectivity index (χ4v) is 1.49. The molecular formula is C11H21N5O2. The van der Waals surface area contributed by atoms with Crippen molar-refractivity contribution >= 4 is 5.95 Å². The van der Waals surface area contributed by atoms with Crippen LogP contribution < -0.4 is 20.5 Å². The Morgan fingerprint density at radius 2 is 1.72 bits per heavy atom. The Kier molecular flexibility index (Phi) is 5.08. The number of hydrogen-bond donors (Lipinski definition) is 2. The third-order valence-electron chi connectivity index (χ3n) is 2.85. The summed E-state index contributed by atoms with van der Waals surface area (Å²) in [7, 11) is 2.99. The predicted molar refractivity (Wildman–Crippen MR) is 68.9 cm³/mol. The van der Waals surface area contributed by atoms with Crippen molar-refractivity contribution in [3.63, 3.8) is 0 Å². The Bertz CT molecular complexity index is 365. The summed E-state index contributed by atoms with van der Waals surface area (Å²) in [6.45, 7) is 4.75. The topological polar surface area (TPSA) is 95.2 Å². The molecule has 0 spiro atoms. The highest BCUT2D eigenvalue weighted by atomic mass is 16.5. The molecule has 0 aliphatic rings. The van der Waals surface area contributed by atoms with Crippen LogP contribution in [0.4, 0.5) is 5.95 Å². The minimum atomic E-state index is -0.161. The maximum absolute atomic E-state index is 5.61. The van der Waals surface area contributed by atoms with E-state index in [1.807, 2.05) is 0 Å². The van der Waals surface area contributed by atoms with Crippen molar-refractivity contribution < 1.29 is 9.47 Å². The summed E-state index contributed by atoms with van der Waals surface area (Å²) in [4.78, 5) is 12.2. The highest BCUT2D eigenvalue weighted by molar-refractivity contribution is 5.31. The number of methoxy groups -OCH3 is 2. The Hall–Kier alpha value is -1.63. The average Bonchev–Trinajstić information content (AvgIpc) is 2.38. The predicted octanol–water partition coefficient (Wildman–Crippen LogP) is 0.818. The number of ether oxygens (including phenoxy) is 2. The van der Waals surface area contributed by atoms with Crippen molar-refractivity contribution in [3.05, 3.63) is 0 Å². The van der Waals surface area contributed by atoms with Gasteiger partial charge in [-0.15, -0.1) is 4.98 Å². The number of nitrogens with two attached hydrogens (primary N) is 1. The van der Waals surface area contributed by atoms with E-state index in [-0.39, 0.29) is 17.6 Å². The summed E-state index contributed by atoms with van der Waals surface area (Å²) in [6, 6.07) is 0.436. The van der Waals surface area contributed by atoms with E-state index in [0.29, 0.717) is 12.5 Å². The third-order valence-corrected chi connectivity index (χ3v) is 2.85. The Morgan fingerprint density at radius 1 is 1.17 bits per heavy atom. The highest BCUT2D eigenvalue weighted by Crippen LogP contribution is 2.21. The van der Waals surface area contributed by atoms with Crippen molar-refractivity contribution in [1.29, 1.82) is 0 Å². The largest absolute Gasteiger partial charge is 0.467 e. The molecule has 7 heteroatoms. The van der Waals surface area contributed by atoms with Crippen LogP contribution in [0.1, 0.15) is 26.7 Å². The zero-order valence-corrected chi connectivity index (χ0v) is 11.4. The van der Waals surface area contributed by atoms with E-state index in [0.717, 1.165) is 12.8 Å². The number of hydrogen-bond acceptors (Lipinski definition) is 7. The fraction of sp³-hybridized carbons (Fsp3) is 0.727. The SMILES string of the molecule is CCC(C)(CCN)Nc1nc(OC)nc(OC)n1. The summed E-state index contributed by atoms with van der Waals surface area (Å²) in [5, 5.41) is 3.25. The van der Waals surface area contributed by atoms with Crippen LogP contribution in [0.5, 0.6) is 12.0 Å². The van der Waals surface area contributed by atoms with Crippen LogP contribution >= 0.6 is 0 Å². The second kappa shape index (κ2) is 6.34. The number of anilines is 1. The van der Waals surface area contributed by atoms with Gasteiger partial charge in [0.2, 0.25) is 5.95 Å². The van der Waals surface area contributed by atoms with Crippen LogP contribution in [0.15, 0.2) is 0 Å². The third kappa shape index (κ3) is 3.69. The number of nitrogens with zero attached hydrogens (tertiary/aromatic N) is 3. The molecule has 1 rings (SSSR count). The van der Waals surface area contributed by atoms with Gasteiger partial charge in [-0.1, -0.05) is 6.92 Å². The molecule has 0 fully saturated rings. The van der Waals surface area contributed by atoms with Crippen LogP contribution in [-0.2, 0) is 0 Å². The lowest BCUT2D eigenvalue weighted by Crippen LogP contribution is -2.37. The Balaban J connectivity index is 2.94. The van der Waals surface area contributed by atoms with Gasteiger partial charge in [-0.25, -0.2) is 0 Å². The smallest absolute Gasteiger partial charge is 0.324 e. The van der Waals surface area contributed by atoms with Crippen LogP contribution in [0, 0.1) is 0 Å². The second-order valence-corrected chi connectivity index (χ2v) is 4.21. The molecule has 3 N–H and O–H groups in total. The molecule has 0 bridgehead atoms. The molecule has 1 atom stereocenters. The summed E-state index contributed by atoms with van der Waals surface area (Å²) < 4.78 is 10.00. The van der Waals surface area contributed by atoms with Gasteiger partial charge in [0.05, 0.1) is 14.2 Å². The molecule has 0 aliphatic heterocycles. The first-order valence-corrected chi connectivity index (χ1v) is 5.89. The molecule has 1 unspecified atom stereocenters. The van der Waals surface area contributed by atoms with Crippen LogP contribution in [0.25, 0.3) is 0 Å². The quantitative estimate of drug-likeness (QED) is 0.744. The maximum Gasteiger partial charge on any atom is 0.324 e. The standard InChI is InChI=1S/C11H21N5O2/c1-5-11(2,6-7-12)16-8-13-9(17-3)15-10(14-8)18-4/h5-7,12H2,1-4H3,(H,13,14,15,16). The molecule has 0 aromatic carbocycles. The second-order valence-electron chi connectivity index (χ2n) is 4.21. The van der Waals surface area contributed by atoms with Gasteiger partial charge in [-0.3, -0.25) is 0 Å². The summed E-state index contributed by atoms with van der Waals surface area (Å²) in [6.07, 6.45) is 1.72. The zero-order chi connectivity index (χ0) is 13.6. The van der Waals surface area contributed by atoms with E-state index in [1.54, 1.807) is 0 Å². The molecule has 18 heavy (non-hydrogen) atoms. The molecule has 1 heterocycles. The molecule has 1 aromatic rings. The van der Waals surface area contributed by atoms with Crippen molar-refractivity contribution in [2.75, 3.05) is 26.1 Å². The number of rotatable bonds is 7. The van der Waals surface area contributed by atoms with Crippen molar-refractivity contribution in [3.8, 4) is 12.0 Å². The molecule has 0 aliphatic carbocycles. The van der Waals surface area contributed by atoms with Gasteiger partial charge in [-0.2, -0.15) is 9.97 Å². The first-order valence-electron chi connectivity index (χ1n) is 5.89. The minimum absolute atomic E-state index is 0.161. The molecule has 0 saturated heterocycles. The van der Waals surface area contributed by atoms with Gasteiger partial charge in [0.15, 0.2) is 0 Å². The van der Waals surface area contributed by atoms with E-state index in [9.17, 15) is 0 Å². The molecule has 7 nitrogen and oxygen atoms in total. The monoisotopic (exact) mass is 255 g/mol. The minimum Gasteiger partial charge on any atom is -0.467 e. The van der Waals surface area contributed by atoms with E-state index < -0.39 is 0 Å². The number of nitrogens with one attached hydrogen (secondary N) is 1. The molecule has 0 amide bonds. The van der Waals surface area contributed by atoms with Crippen molar-refractivity contribution in [1.82, 2.24) is 15.0 Å². The first-order chi connectivity index (χ1) is 8.56. The summed E-state index contributed by atoms with van der Waals surface area (Å²) >= 11 is 0. The number of aromatic nitrogens is 3. The van der Waals surface area contributed by atoms with Crippen molar-refractivity contribution in [2.45, 2.75) is 32.2 Å². The lowest BCUT2D eigenvalue weighted by atomic mass is 9.95. The van der Waals surface area contributed by atoms with Crippen LogP contribution in [-0.4, -0.2) is 41.3 Å². The molecule has 0 saturated carbocycles. The van der Waals surface area contributed by atoms with Gasteiger partial charge in [-0.05, 0) is 26.3 Å². The Morgan fingerprint density at radius 3 is 2.11 bits per heavy atom. The van der Waals surface area contributed by atoms with E-state index in [1.165, 1.54) is 14.2 Å². The van der Waals surface area contributed by atoms with E-state index >= 15 is 0 Å². The van der Waals surface area contributed by atoms with E-state index in [2.05, 4.69) is 34.1 Å². The van der Waals surface area contributed by atoms with Crippen LogP contribution in [0.2, 0.25) is 0 Å². The summed E-state index contributed by atoms with van der Waals surface area (Å²) in [5.74, 6) is 0.427. The maximum atomic E-state index is 5.61. The average molecular weight is 255 g/mol. The van der Waals surface area contributed by atoms with E-state index in [4.69, 9.17) is 15.2 Å². The van der Waals surface area contributed by atoms with Gasteiger partial charge in [0.25, 0.3) is 0 Å². The summed E-state index contributed by atoms with van der Waals surface area (Å²) in [5.41, 5.74) is 5.45. The van der Waals surface area contributed by atoms with Crippen LogP contribution in [0.3, 0.4) is 0 Å². The molecule has 102 valence electrons. The lowest BCUT2D eigenvalue weighted by molar-refractivity contribution is 0.339. The molecule has 0 radical (unpaired) electrons. The highest BCUT2D eigenvalue weighted by Gasteiger charge is 2.22. The fourth-order valence-electron chi connectivity index (χ4n) is 1.49. The Labute approximate surface area is 107 Å². The van der Waals surface area contributed by atoms with Gasteiger partial charge in [0, 0.05) is 5.54 Å². The molecular weight excluding hydrogens is 234 g/mol. The zero-order valence-electron chi connectivity index (χ0n) is 11.4. The van der Waals surface area contributed by atoms with Crippen molar-refractivity contribution in [2.24, 2.45) is 5.73 Å².